The minimum atomic E-state index is -5.62. The van der Waals surface area contributed by atoms with Crippen molar-refractivity contribution < 1.29 is 92.4 Å². The summed E-state index contributed by atoms with van der Waals surface area (Å²) in [5, 5.41) is 0. The van der Waals surface area contributed by atoms with E-state index in [1.807, 2.05) is 0 Å². The maximum Gasteiger partial charge on any atom is 0 e. The van der Waals surface area contributed by atoms with Crippen molar-refractivity contribution >= 4 is 107 Å². The molecular weight excluding hydrogens is 858 g/mol. The Morgan fingerprint density at radius 2 is 0.290 bits per heavy atom. The van der Waals surface area contributed by atoms with Crippen LogP contribution in [0.25, 0.3) is 0 Å². The van der Waals surface area contributed by atoms with Crippen LogP contribution in [0.5, 0.6) is 0 Å². The van der Waals surface area contributed by atoms with Gasteiger partial charge in [-0.3, -0.25) is 0 Å². The smallest absolute Gasteiger partial charge is 0 e. The summed E-state index contributed by atoms with van der Waals surface area (Å²) in [4.78, 5) is 0. The molecule has 12 N–H and O–H groups in total. The molecule has 0 aliphatic carbocycles. The largest absolute Gasteiger partial charge is 0 e. The zero-order chi connectivity index (χ0) is 27.0. The Bertz CT molecular complexity index is 480. The zero-order valence-corrected chi connectivity index (χ0v) is 25.0. The van der Waals surface area contributed by atoms with Crippen LogP contribution in [0.15, 0.2) is 0 Å². The predicted molar refractivity (Wildman–Crippen MR) is 77.7 cm³/mol. The molecule has 193 valence electrons. The second-order valence-electron chi connectivity index (χ2n) is 2.84. The van der Waals surface area contributed by atoms with Gasteiger partial charge in [0.25, 0.3) is 0 Å². The van der Waals surface area contributed by atoms with Gasteiger partial charge in [-0.2, -0.15) is 0 Å². The van der Waals surface area contributed by atoms with E-state index in [-0.39, 0.29) is 18.9 Å². The van der Waals surface area contributed by atoms with Gasteiger partial charge in [0.15, 0.2) is 0 Å². The third-order valence-electron chi connectivity index (χ3n) is 0. The van der Waals surface area contributed by atoms with Crippen LogP contribution in [0.4, 0.5) is 20.8 Å². The van der Waals surface area contributed by atoms with Gasteiger partial charge in [-0.25, -0.2) is 0 Å². The van der Waals surface area contributed by atoms with E-state index in [1.165, 1.54) is 0 Å². The molecular formula is H12As6F6LiO18. The fourth-order valence-electron chi connectivity index (χ4n) is 0. The molecule has 18 nitrogen and oxygen atoms in total. The molecule has 0 unspecified atom stereocenters. The molecule has 0 aromatic rings. The monoisotopic (exact) mass is 871 g/mol. The van der Waals surface area contributed by atoms with E-state index < -0.39 is 87.9 Å². The molecule has 31 heavy (non-hydrogen) atoms. The van der Waals surface area contributed by atoms with Gasteiger partial charge in [0.05, 0.1) is 0 Å². The van der Waals surface area contributed by atoms with E-state index in [9.17, 15) is 20.8 Å². The van der Waals surface area contributed by atoms with Crippen LogP contribution in [0.3, 0.4) is 0 Å². The van der Waals surface area contributed by atoms with Crippen LogP contribution >= 0.6 is 0 Å². The van der Waals surface area contributed by atoms with Gasteiger partial charge in [0, 0.05) is 18.9 Å². The molecule has 1 radical (unpaired) electrons. The second kappa shape index (κ2) is 21.2. The molecule has 0 aliphatic rings. The van der Waals surface area contributed by atoms with Gasteiger partial charge in [0.1, 0.15) is 0 Å². The summed E-state index contributed by atoms with van der Waals surface area (Å²) in [6.07, 6.45) is 0. The van der Waals surface area contributed by atoms with Gasteiger partial charge in [-0.1, -0.05) is 0 Å². The number of rotatable bonds is 0. The van der Waals surface area contributed by atoms with Gasteiger partial charge in [0.2, 0.25) is 0 Å². The summed E-state index contributed by atoms with van der Waals surface area (Å²) in [5.41, 5.74) is 0. The average Bonchev–Trinajstić information content (AvgIpc) is 1.94. The molecule has 0 spiro atoms. The van der Waals surface area contributed by atoms with Crippen LogP contribution in [0.1, 0.15) is 0 Å². The Hall–Kier alpha value is 1.85. The summed E-state index contributed by atoms with van der Waals surface area (Å²) in [6, 6.07) is 0. The Morgan fingerprint density at radius 1 is 0.290 bits per heavy atom. The number of halogens is 6. The standard InChI is InChI=1S/6AsFH2O3.Li/c6*2-1(3,4)5;/h6*(H2,3,4,5);. The van der Waals surface area contributed by atoms with Gasteiger partial charge >= 0.3 is 180 Å². The fourth-order valence-corrected chi connectivity index (χ4v) is 0. The predicted octanol–water partition coefficient (Wildman–Crippen LogP) is -7.54. The Balaban J connectivity index is -0.0000000443. The first kappa shape index (κ1) is 49.9. The molecule has 0 saturated heterocycles. The first-order valence-electron chi connectivity index (χ1n) is 4.51. The van der Waals surface area contributed by atoms with Crippen molar-refractivity contribution in [1.29, 1.82) is 0 Å². The molecule has 0 atom stereocenters. The summed E-state index contributed by atoms with van der Waals surface area (Å²) in [5.74, 6) is 0. The van der Waals surface area contributed by atoms with Crippen molar-refractivity contribution in [3.63, 3.8) is 0 Å². The Labute approximate surface area is 197 Å². The normalized spacial score (nSPS) is 11.4. The molecule has 0 rings (SSSR count). The summed E-state index contributed by atoms with van der Waals surface area (Å²) >= 11 is -33.8. The van der Waals surface area contributed by atoms with E-state index in [1.54, 1.807) is 0 Å². The molecule has 0 heterocycles. The molecule has 0 fully saturated rings. The van der Waals surface area contributed by atoms with Crippen molar-refractivity contribution in [2.24, 2.45) is 0 Å². The van der Waals surface area contributed by atoms with Gasteiger partial charge < -0.3 is 0 Å². The van der Waals surface area contributed by atoms with E-state index in [0.29, 0.717) is 0 Å². The molecule has 0 aliphatic heterocycles. The third-order valence-corrected chi connectivity index (χ3v) is 0. The second-order valence-corrected chi connectivity index (χ2v) is 14.7. The molecule has 0 aromatic carbocycles. The molecule has 0 amide bonds. The van der Waals surface area contributed by atoms with Crippen molar-refractivity contribution in [3.8, 4) is 0 Å². The maximum absolute atomic E-state index is 10.4. The SMILES string of the molecule is O=[As](O)(O)F.O=[As](O)(O)F.O=[As](O)(O)F.O=[As](O)(O)F.O=[As](O)(O)F.O=[As](O)(O)F.[Li]. The van der Waals surface area contributed by atoms with Crippen LogP contribution in [0.2, 0.25) is 0 Å². The number of hydrogen-bond donors (Lipinski definition) is 12. The molecule has 0 saturated carbocycles. The average molecular weight is 871 g/mol. The number of hydrogen-bond acceptors (Lipinski definition) is 6. The summed E-state index contributed by atoms with van der Waals surface area (Å²) in [6.45, 7) is 0. The van der Waals surface area contributed by atoms with Crippen LogP contribution in [-0.2, 0) is 22.4 Å². The van der Waals surface area contributed by atoms with Crippen molar-refractivity contribution in [2.45, 2.75) is 0 Å². The van der Waals surface area contributed by atoms with Crippen molar-refractivity contribution in [3.05, 3.63) is 0 Å². The minimum Gasteiger partial charge on any atom is 0 e. The Kier molecular flexibility index (Phi) is 34.0. The summed E-state index contributed by atoms with van der Waals surface area (Å²) in [7, 11) is 0. The van der Waals surface area contributed by atoms with Gasteiger partial charge in [-0.05, 0) is 0 Å². The molecule has 0 bridgehead atoms. The van der Waals surface area contributed by atoms with E-state index in [2.05, 4.69) is 0 Å². The molecule has 31 heteroatoms. The molecule has 0 aromatic heterocycles. The van der Waals surface area contributed by atoms with Crippen LogP contribution in [0, 0.1) is 0 Å². The van der Waals surface area contributed by atoms with E-state index in [0.717, 1.165) is 0 Å². The minimum absolute atomic E-state index is 0. The summed E-state index contributed by atoms with van der Waals surface area (Å²) < 4.78 is 199. The third kappa shape index (κ3) is 8310. The van der Waals surface area contributed by atoms with Crippen LogP contribution in [-0.4, -0.2) is 156 Å². The maximum atomic E-state index is 10.4. The zero-order valence-electron chi connectivity index (χ0n) is 13.8. The van der Waals surface area contributed by atoms with Crippen molar-refractivity contribution in [2.75, 3.05) is 0 Å². The first-order valence-corrected chi connectivity index (χ1v) is 23.4. The Morgan fingerprint density at radius 3 is 0.290 bits per heavy atom. The van der Waals surface area contributed by atoms with E-state index >= 15 is 0 Å². The quantitative estimate of drug-likeness (QED) is 0.0795. The van der Waals surface area contributed by atoms with Crippen LogP contribution < -0.4 is 0 Å². The van der Waals surface area contributed by atoms with Gasteiger partial charge in [-0.15, -0.1) is 0 Å². The van der Waals surface area contributed by atoms with E-state index in [4.69, 9.17) is 71.6 Å². The topological polar surface area (TPSA) is 345 Å². The first-order chi connectivity index (χ1) is 12.0. The van der Waals surface area contributed by atoms with Crippen molar-refractivity contribution in [1.82, 2.24) is 0 Å². The fraction of sp³-hybridized carbons (Fsp3) is 0.